The second-order valence-electron chi connectivity index (χ2n) is 5.40. The SMILES string of the molecule is CCCNCc1ccc(S(=O)(=O)N(C)C(C)C(C)C)o1. The third-order valence-electron chi connectivity index (χ3n) is 3.53. The van der Waals surface area contributed by atoms with Crippen LogP contribution >= 0.6 is 0 Å². The fraction of sp³-hybridized carbons (Fsp3) is 0.714. The van der Waals surface area contributed by atoms with Crippen LogP contribution in [0.3, 0.4) is 0 Å². The number of sulfonamides is 1. The van der Waals surface area contributed by atoms with Gasteiger partial charge in [0.1, 0.15) is 5.76 Å². The molecule has 1 heterocycles. The normalized spacial score (nSPS) is 14.2. The maximum Gasteiger partial charge on any atom is 0.276 e. The lowest BCUT2D eigenvalue weighted by Crippen LogP contribution is -2.38. The molecule has 1 aromatic rings. The summed E-state index contributed by atoms with van der Waals surface area (Å²) >= 11 is 0. The molecule has 5 nitrogen and oxygen atoms in total. The Hall–Kier alpha value is -0.850. The van der Waals surface area contributed by atoms with Crippen molar-refractivity contribution in [3.8, 4) is 0 Å². The Morgan fingerprint density at radius 1 is 1.30 bits per heavy atom. The van der Waals surface area contributed by atoms with E-state index in [-0.39, 0.29) is 17.1 Å². The molecule has 20 heavy (non-hydrogen) atoms. The predicted octanol–water partition coefficient (Wildman–Crippen LogP) is 2.44. The van der Waals surface area contributed by atoms with E-state index in [1.54, 1.807) is 13.1 Å². The van der Waals surface area contributed by atoms with Crippen molar-refractivity contribution in [2.45, 2.75) is 51.8 Å². The van der Waals surface area contributed by atoms with Gasteiger partial charge in [0.15, 0.2) is 0 Å². The van der Waals surface area contributed by atoms with Crippen molar-refractivity contribution in [1.29, 1.82) is 0 Å². The highest BCUT2D eigenvalue weighted by molar-refractivity contribution is 7.89. The van der Waals surface area contributed by atoms with E-state index < -0.39 is 10.0 Å². The van der Waals surface area contributed by atoms with Crippen LogP contribution in [0, 0.1) is 5.92 Å². The molecule has 0 aliphatic rings. The molecule has 0 amide bonds. The smallest absolute Gasteiger partial charge is 0.276 e. The van der Waals surface area contributed by atoms with Crippen LogP contribution in [0.1, 0.15) is 39.9 Å². The summed E-state index contributed by atoms with van der Waals surface area (Å²) in [5.74, 6) is 0.887. The Kier molecular flexibility index (Phi) is 6.23. The van der Waals surface area contributed by atoms with Gasteiger partial charge in [-0.3, -0.25) is 0 Å². The Morgan fingerprint density at radius 2 is 1.95 bits per heavy atom. The highest BCUT2D eigenvalue weighted by atomic mass is 32.2. The largest absolute Gasteiger partial charge is 0.447 e. The number of rotatable bonds is 8. The number of nitrogens with one attached hydrogen (secondary N) is 1. The maximum absolute atomic E-state index is 12.4. The monoisotopic (exact) mass is 302 g/mol. The molecule has 0 aliphatic carbocycles. The number of hydrogen-bond acceptors (Lipinski definition) is 4. The lowest BCUT2D eigenvalue weighted by atomic mass is 10.1. The number of furan rings is 1. The van der Waals surface area contributed by atoms with Crippen molar-refractivity contribution in [1.82, 2.24) is 9.62 Å². The average molecular weight is 302 g/mol. The Morgan fingerprint density at radius 3 is 2.50 bits per heavy atom. The van der Waals surface area contributed by atoms with Gasteiger partial charge in [0.05, 0.1) is 6.54 Å². The van der Waals surface area contributed by atoms with E-state index in [1.165, 1.54) is 10.4 Å². The lowest BCUT2D eigenvalue weighted by Gasteiger charge is -2.26. The standard InChI is InChI=1S/C14H26N2O3S/c1-6-9-15-10-13-7-8-14(19-13)20(17,18)16(5)12(4)11(2)3/h7-8,11-12,15H,6,9-10H2,1-5H3. The first-order valence-corrected chi connectivity index (χ1v) is 8.52. The van der Waals surface area contributed by atoms with Gasteiger partial charge in [-0.25, -0.2) is 8.42 Å². The zero-order valence-corrected chi connectivity index (χ0v) is 13.8. The lowest BCUT2D eigenvalue weighted by molar-refractivity contribution is 0.303. The molecule has 1 atom stereocenters. The summed E-state index contributed by atoms with van der Waals surface area (Å²) in [7, 11) is -1.96. The fourth-order valence-electron chi connectivity index (χ4n) is 1.76. The second kappa shape index (κ2) is 7.24. The molecule has 1 rings (SSSR count). The molecule has 0 saturated carbocycles. The van der Waals surface area contributed by atoms with E-state index in [4.69, 9.17) is 4.42 Å². The minimum absolute atomic E-state index is 0.0146. The minimum Gasteiger partial charge on any atom is -0.447 e. The van der Waals surface area contributed by atoms with Crippen LogP contribution in [0.4, 0.5) is 0 Å². The molecule has 0 radical (unpaired) electrons. The molecule has 116 valence electrons. The van der Waals surface area contributed by atoms with Crippen LogP contribution in [0.15, 0.2) is 21.6 Å². The van der Waals surface area contributed by atoms with Crippen molar-refractivity contribution < 1.29 is 12.8 Å². The van der Waals surface area contributed by atoms with Crippen LogP contribution in [0.2, 0.25) is 0 Å². The van der Waals surface area contributed by atoms with Crippen LogP contribution in [0.25, 0.3) is 0 Å². The van der Waals surface area contributed by atoms with E-state index in [0.717, 1.165) is 13.0 Å². The minimum atomic E-state index is -3.55. The molecule has 0 spiro atoms. The average Bonchev–Trinajstić information content (AvgIpc) is 2.86. The van der Waals surface area contributed by atoms with Gasteiger partial charge < -0.3 is 9.73 Å². The number of nitrogens with zero attached hydrogens (tertiary/aromatic N) is 1. The van der Waals surface area contributed by atoms with Gasteiger partial charge in [-0.2, -0.15) is 4.31 Å². The van der Waals surface area contributed by atoms with Gasteiger partial charge in [-0.05, 0) is 37.9 Å². The van der Waals surface area contributed by atoms with Crippen molar-refractivity contribution in [3.05, 3.63) is 17.9 Å². The van der Waals surface area contributed by atoms with Crippen molar-refractivity contribution in [3.63, 3.8) is 0 Å². The van der Waals surface area contributed by atoms with Crippen molar-refractivity contribution in [2.24, 2.45) is 5.92 Å². The first-order valence-electron chi connectivity index (χ1n) is 7.08. The zero-order valence-electron chi connectivity index (χ0n) is 13.0. The highest BCUT2D eigenvalue weighted by Gasteiger charge is 2.29. The van der Waals surface area contributed by atoms with Crippen LogP contribution in [-0.2, 0) is 16.6 Å². The topological polar surface area (TPSA) is 62.6 Å². The summed E-state index contributed by atoms with van der Waals surface area (Å²) in [5.41, 5.74) is 0. The highest BCUT2D eigenvalue weighted by Crippen LogP contribution is 2.21. The summed E-state index contributed by atoms with van der Waals surface area (Å²) in [6.45, 7) is 9.40. The molecule has 1 unspecified atom stereocenters. The molecule has 0 saturated heterocycles. The van der Waals surface area contributed by atoms with Crippen LogP contribution in [0.5, 0.6) is 0 Å². The van der Waals surface area contributed by atoms with Crippen molar-refractivity contribution >= 4 is 10.0 Å². The molecule has 1 aromatic heterocycles. The van der Waals surface area contributed by atoms with E-state index in [1.807, 2.05) is 20.8 Å². The first-order chi connectivity index (χ1) is 9.30. The summed E-state index contributed by atoms with van der Waals surface area (Å²) in [6, 6.07) is 3.16. The van der Waals surface area contributed by atoms with Crippen LogP contribution in [-0.4, -0.2) is 32.4 Å². The predicted molar refractivity (Wildman–Crippen MR) is 80.0 cm³/mol. The first kappa shape index (κ1) is 17.2. The Bertz CT molecular complexity index is 508. The summed E-state index contributed by atoms with van der Waals surface area (Å²) in [4.78, 5) is 0. The van der Waals surface area contributed by atoms with E-state index in [0.29, 0.717) is 12.3 Å². The van der Waals surface area contributed by atoms with E-state index in [2.05, 4.69) is 12.2 Å². The number of hydrogen-bond donors (Lipinski definition) is 1. The van der Waals surface area contributed by atoms with Crippen molar-refractivity contribution in [2.75, 3.05) is 13.6 Å². The maximum atomic E-state index is 12.4. The van der Waals surface area contributed by atoms with Gasteiger partial charge in [0.25, 0.3) is 10.0 Å². The molecule has 0 aliphatic heterocycles. The van der Waals surface area contributed by atoms with E-state index >= 15 is 0 Å². The molecule has 6 heteroatoms. The quantitative estimate of drug-likeness (QED) is 0.749. The second-order valence-corrected chi connectivity index (χ2v) is 7.33. The third-order valence-corrected chi connectivity index (χ3v) is 5.35. The van der Waals surface area contributed by atoms with Crippen LogP contribution < -0.4 is 5.32 Å². The summed E-state index contributed by atoms with van der Waals surface area (Å²) in [6.07, 6.45) is 1.03. The molecule has 0 bridgehead atoms. The van der Waals surface area contributed by atoms with Gasteiger partial charge in [0.2, 0.25) is 5.09 Å². The molecule has 1 N–H and O–H groups in total. The molecular formula is C14H26N2O3S. The Balaban J connectivity index is 2.83. The summed E-state index contributed by atoms with van der Waals surface area (Å²) in [5, 5.41) is 3.20. The zero-order chi connectivity index (χ0) is 15.3. The van der Waals surface area contributed by atoms with Gasteiger partial charge in [-0.1, -0.05) is 20.8 Å². The van der Waals surface area contributed by atoms with Gasteiger partial charge >= 0.3 is 0 Å². The molecule has 0 aromatic carbocycles. The molecule has 0 fully saturated rings. The van der Waals surface area contributed by atoms with Gasteiger partial charge in [-0.15, -0.1) is 0 Å². The third kappa shape index (κ3) is 4.07. The molecular weight excluding hydrogens is 276 g/mol. The summed E-state index contributed by atoms with van der Waals surface area (Å²) < 4.78 is 31.7. The van der Waals surface area contributed by atoms with Gasteiger partial charge in [0, 0.05) is 13.1 Å². The fourth-order valence-corrected chi connectivity index (χ4v) is 3.18. The van der Waals surface area contributed by atoms with E-state index in [9.17, 15) is 8.42 Å². The Labute approximate surface area is 122 Å².